The van der Waals surface area contributed by atoms with Gasteiger partial charge >= 0.3 is 0 Å². The van der Waals surface area contributed by atoms with Crippen molar-refractivity contribution in [1.82, 2.24) is 0 Å². The minimum absolute atomic E-state index is 0.358. The highest BCUT2D eigenvalue weighted by molar-refractivity contribution is 9.10. The second-order valence-corrected chi connectivity index (χ2v) is 8.80. The maximum absolute atomic E-state index is 4.17. The van der Waals surface area contributed by atoms with Crippen LogP contribution in [0.3, 0.4) is 0 Å². The Morgan fingerprint density at radius 3 is 1.76 bits per heavy atom. The summed E-state index contributed by atoms with van der Waals surface area (Å²) in [5.74, 6) is 3.57. The van der Waals surface area contributed by atoms with Crippen LogP contribution in [0.4, 0.5) is 0 Å². The van der Waals surface area contributed by atoms with Crippen molar-refractivity contribution in [3.05, 3.63) is 0 Å². The van der Waals surface area contributed by atoms with Gasteiger partial charge in [-0.05, 0) is 11.8 Å². The average Bonchev–Trinajstić information content (AvgIpc) is 2.26. The highest BCUT2D eigenvalue weighted by Crippen LogP contribution is 2.54. The summed E-state index contributed by atoms with van der Waals surface area (Å²) in [5, 5.41) is 0. The highest BCUT2D eigenvalue weighted by atomic mass is 79.9. The number of hydrogen-bond acceptors (Lipinski definition) is 0. The van der Waals surface area contributed by atoms with Crippen LogP contribution in [0.5, 0.6) is 0 Å². The van der Waals surface area contributed by atoms with Crippen LogP contribution in [0.25, 0.3) is 0 Å². The molecule has 2 heteroatoms. The lowest BCUT2D eigenvalue weighted by Gasteiger charge is -2.50. The molecule has 2 heterocycles. The Balaban J connectivity index is 2.19. The molecule has 17 heavy (non-hydrogen) atoms. The van der Waals surface area contributed by atoms with Crippen LogP contribution >= 0.6 is 15.9 Å². The average molecular weight is 299 g/mol. The number of hydrogen-bond donors (Lipinski definition) is 0. The fraction of sp³-hybridized carbons (Fsp3) is 1.00. The molecule has 98 valence electrons. The van der Waals surface area contributed by atoms with E-state index in [1.54, 1.807) is 0 Å². The van der Waals surface area contributed by atoms with Crippen molar-refractivity contribution >= 4 is 22.6 Å². The van der Waals surface area contributed by atoms with Crippen LogP contribution in [0.1, 0.15) is 66.2 Å². The molecule has 0 radical (unpaired) electrons. The first-order valence-corrected chi connectivity index (χ1v) is 8.42. The van der Waals surface area contributed by atoms with E-state index in [-0.39, 0.29) is 0 Å². The third kappa shape index (κ3) is 2.62. The quantitative estimate of drug-likeness (QED) is 0.472. The van der Waals surface area contributed by atoms with Crippen molar-refractivity contribution in [2.75, 3.05) is 0 Å². The standard InChI is InChI=1S/C15H28BBr/c1-11(2)12(3)15(4,17)16-13-7-5-8-14(16)10-6-9-13/h11-14H,5-10H2,1-4H3. The number of rotatable bonds is 3. The third-order valence-corrected chi connectivity index (χ3v) is 7.11. The van der Waals surface area contributed by atoms with Gasteiger partial charge in [-0.3, -0.25) is 0 Å². The van der Waals surface area contributed by atoms with Crippen molar-refractivity contribution in [2.24, 2.45) is 11.8 Å². The van der Waals surface area contributed by atoms with Crippen LogP contribution in [-0.4, -0.2) is 10.9 Å². The summed E-state index contributed by atoms with van der Waals surface area (Å²) in [6.07, 6.45) is 8.95. The van der Waals surface area contributed by atoms with Crippen molar-refractivity contribution in [2.45, 2.75) is 82.1 Å². The Hall–Kier alpha value is 0.545. The topological polar surface area (TPSA) is 0 Å². The number of fused-ring (bicyclic) bond motifs is 2. The first-order chi connectivity index (χ1) is 7.94. The molecule has 0 N–H and O–H groups in total. The highest BCUT2D eigenvalue weighted by Gasteiger charge is 2.51. The van der Waals surface area contributed by atoms with Crippen LogP contribution in [0.2, 0.25) is 11.6 Å². The molecule has 0 spiro atoms. The van der Waals surface area contributed by atoms with Gasteiger partial charge < -0.3 is 0 Å². The van der Waals surface area contributed by atoms with E-state index in [4.69, 9.17) is 0 Å². The molecule has 2 bridgehead atoms. The molecule has 0 amide bonds. The molecule has 2 saturated heterocycles. The van der Waals surface area contributed by atoms with E-state index in [0.717, 1.165) is 30.2 Å². The Labute approximate surface area is 117 Å². The molecule has 0 aromatic heterocycles. The van der Waals surface area contributed by atoms with Crippen LogP contribution < -0.4 is 0 Å². The first kappa shape index (κ1) is 14.0. The van der Waals surface area contributed by atoms with E-state index in [9.17, 15) is 0 Å². The van der Waals surface area contributed by atoms with Crippen molar-refractivity contribution in [3.63, 3.8) is 0 Å². The van der Waals surface area contributed by atoms with Crippen LogP contribution in [-0.2, 0) is 0 Å². The van der Waals surface area contributed by atoms with Gasteiger partial charge in [-0.25, -0.2) is 0 Å². The summed E-state index contributed by atoms with van der Waals surface area (Å²) < 4.78 is 0.358. The van der Waals surface area contributed by atoms with Gasteiger partial charge in [0.05, 0.1) is 0 Å². The molecular formula is C15H28BBr. The van der Waals surface area contributed by atoms with E-state index < -0.39 is 0 Å². The molecule has 0 saturated carbocycles. The van der Waals surface area contributed by atoms with Gasteiger partial charge in [0.2, 0.25) is 0 Å². The molecule has 0 aromatic rings. The molecule has 2 aliphatic heterocycles. The zero-order valence-electron chi connectivity index (χ0n) is 12.0. The normalized spacial score (nSPS) is 34.6. The summed E-state index contributed by atoms with van der Waals surface area (Å²) in [4.78, 5) is 0. The minimum atomic E-state index is 0.358. The van der Waals surface area contributed by atoms with Gasteiger partial charge in [-0.15, -0.1) is 0 Å². The first-order valence-electron chi connectivity index (χ1n) is 7.63. The Morgan fingerprint density at radius 1 is 1.00 bits per heavy atom. The van der Waals surface area contributed by atoms with E-state index >= 15 is 0 Å². The zero-order valence-corrected chi connectivity index (χ0v) is 13.6. The van der Waals surface area contributed by atoms with Gasteiger partial charge in [0.25, 0.3) is 0 Å². The lowest BCUT2D eigenvalue weighted by Crippen LogP contribution is -2.53. The predicted octanol–water partition coefficient (Wildman–Crippen LogP) is 5.57. The molecule has 2 unspecified atom stereocenters. The molecule has 2 fully saturated rings. The van der Waals surface area contributed by atoms with Gasteiger partial charge in [-0.2, -0.15) is 0 Å². The molecule has 0 aliphatic carbocycles. The van der Waals surface area contributed by atoms with E-state index in [2.05, 4.69) is 43.6 Å². The van der Waals surface area contributed by atoms with E-state index in [1.807, 2.05) is 0 Å². The van der Waals surface area contributed by atoms with Crippen molar-refractivity contribution in [1.29, 1.82) is 0 Å². The van der Waals surface area contributed by atoms with Crippen molar-refractivity contribution < 1.29 is 0 Å². The smallest absolute Gasteiger partial charge is 0.0944 e. The largest absolute Gasteiger partial charge is 0.166 e. The Kier molecular flexibility index (Phi) is 4.33. The van der Waals surface area contributed by atoms with Crippen LogP contribution in [0, 0.1) is 11.8 Å². The van der Waals surface area contributed by atoms with Crippen LogP contribution in [0.15, 0.2) is 0 Å². The molecular weight excluding hydrogens is 271 g/mol. The minimum Gasteiger partial charge on any atom is -0.0944 e. The van der Waals surface area contributed by atoms with Crippen molar-refractivity contribution in [3.8, 4) is 0 Å². The number of halogens is 1. The zero-order chi connectivity index (χ0) is 12.6. The van der Waals surface area contributed by atoms with Gasteiger partial charge in [0, 0.05) is 4.22 Å². The second kappa shape index (κ2) is 5.27. The summed E-state index contributed by atoms with van der Waals surface area (Å²) in [5.41, 5.74) is 0. The lowest BCUT2D eigenvalue weighted by atomic mass is 9.21. The molecule has 2 atom stereocenters. The SMILES string of the molecule is CC(C)C(C)C(C)(Br)B1C2CCCC1CCC2. The summed E-state index contributed by atoms with van der Waals surface area (Å²) in [6.45, 7) is 10.6. The molecule has 0 nitrogen and oxygen atoms in total. The van der Waals surface area contributed by atoms with Gasteiger partial charge in [-0.1, -0.05) is 93.8 Å². The maximum atomic E-state index is 4.17. The van der Waals surface area contributed by atoms with E-state index in [1.165, 1.54) is 38.5 Å². The summed E-state index contributed by atoms with van der Waals surface area (Å²) in [7, 11) is 0. The Bertz CT molecular complexity index is 240. The third-order valence-electron chi connectivity index (χ3n) is 5.86. The van der Waals surface area contributed by atoms with Gasteiger partial charge in [0.1, 0.15) is 0 Å². The molecule has 0 aromatic carbocycles. The van der Waals surface area contributed by atoms with E-state index in [0.29, 0.717) is 4.22 Å². The predicted molar refractivity (Wildman–Crippen MR) is 82.3 cm³/mol. The number of alkyl halides is 1. The maximum Gasteiger partial charge on any atom is 0.166 e. The Morgan fingerprint density at radius 2 is 1.41 bits per heavy atom. The second-order valence-electron chi connectivity index (χ2n) is 7.09. The molecule has 2 rings (SSSR count). The summed E-state index contributed by atoms with van der Waals surface area (Å²) in [6, 6.07) is 0. The fourth-order valence-corrected chi connectivity index (χ4v) is 5.83. The summed E-state index contributed by atoms with van der Waals surface area (Å²) >= 11 is 4.17. The van der Waals surface area contributed by atoms with Gasteiger partial charge in [0.15, 0.2) is 6.71 Å². The fourth-order valence-electron chi connectivity index (χ4n) is 4.55. The lowest BCUT2D eigenvalue weighted by molar-refractivity contribution is 0.362. The monoisotopic (exact) mass is 298 g/mol. The molecule has 2 aliphatic rings.